The van der Waals surface area contributed by atoms with Crippen LogP contribution in [0.25, 0.3) is 0 Å². The van der Waals surface area contributed by atoms with Gasteiger partial charge in [0.05, 0.1) is 0 Å². The molecule has 0 bridgehead atoms. The SMILES string of the molecule is CCNC(C)c1cnc(C(OCC)C(C)C)nc1C. The lowest BCUT2D eigenvalue weighted by Crippen LogP contribution is -2.21. The summed E-state index contributed by atoms with van der Waals surface area (Å²) in [5.41, 5.74) is 2.19. The lowest BCUT2D eigenvalue weighted by Gasteiger charge is -2.21. The molecule has 2 unspecified atom stereocenters. The Morgan fingerprint density at radius 3 is 2.42 bits per heavy atom. The molecule has 0 fully saturated rings. The highest BCUT2D eigenvalue weighted by atomic mass is 16.5. The Kier molecular flexibility index (Phi) is 6.38. The summed E-state index contributed by atoms with van der Waals surface area (Å²) in [6, 6.07) is 0.281. The van der Waals surface area contributed by atoms with Crippen molar-refractivity contribution in [2.24, 2.45) is 5.92 Å². The molecule has 4 heteroatoms. The Balaban J connectivity index is 2.97. The Hall–Kier alpha value is -1.00. The van der Waals surface area contributed by atoms with Crippen LogP contribution < -0.4 is 5.32 Å². The zero-order chi connectivity index (χ0) is 14.4. The molecule has 4 nitrogen and oxygen atoms in total. The molecule has 1 N–H and O–H groups in total. The van der Waals surface area contributed by atoms with Gasteiger partial charge in [-0.05, 0) is 33.2 Å². The van der Waals surface area contributed by atoms with Gasteiger partial charge in [-0.1, -0.05) is 20.8 Å². The fourth-order valence-corrected chi connectivity index (χ4v) is 2.22. The first-order valence-electron chi connectivity index (χ1n) is 7.19. The molecule has 0 spiro atoms. The van der Waals surface area contributed by atoms with Crippen LogP contribution in [0.1, 0.15) is 63.8 Å². The topological polar surface area (TPSA) is 47.0 Å². The van der Waals surface area contributed by atoms with Crippen molar-refractivity contribution in [2.45, 2.75) is 53.7 Å². The summed E-state index contributed by atoms with van der Waals surface area (Å²) in [7, 11) is 0. The molecule has 1 aromatic heterocycles. The summed E-state index contributed by atoms with van der Waals surface area (Å²) < 4.78 is 5.75. The zero-order valence-corrected chi connectivity index (χ0v) is 13.0. The van der Waals surface area contributed by atoms with Gasteiger partial charge in [0, 0.05) is 30.1 Å². The minimum atomic E-state index is -0.0211. The molecular weight excluding hydrogens is 238 g/mol. The highest BCUT2D eigenvalue weighted by Crippen LogP contribution is 2.24. The van der Waals surface area contributed by atoms with Gasteiger partial charge < -0.3 is 10.1 Å². The molecule has 2 atom stereocenters. The number of ether oxygens (including phenoxy) is 1. The van der Waals surface area contributed by atoms with Gasteiger partial charge in [-0.15, -0.1) is 0 Å². The number of nitrogens with zero attached hydrogens (tertiary/aromatic N) is 2. The second-order valence-corrected chi connectivity index (χ2v) is 5.17. The van der Waals surface area contributed by atoms with Crippen LogP contribution in [0.15, 0.2) is 6.20 Å². The number of aryl methyl sites for hydroxylation is 1. The lowest BCUT2D eigenvalue weighted by atomic mass is 10.1. The van der Waals surface area contributed by atoms with Gasteiger partial charge in [0.1, 0.15) is 6.10 Å². The molecule has 1 rings (SSSR count). The first kappa shape index (κ1) is 16.1. The standard InChI is InChI=1S/C15H27N3O/c1-7-16-11(5)13-9-17-15(18-12(13)6)14(10(3)4)19-8-2/h9-11,14,16H,7-8H2,1-6H3. The molecule has 19 heavy (non-hydrogen) atoms. The molecule has 0 saturated carbocycles. The van der Waals surface area contributed by atoms with Crippen LogP contribution in [0.5, 0.6) is 0 Å². The van der Waals surface area contributed by atoms with E-state index in [0.717, 1.165) is 23.6 Å². The van der Waals surface area contributed by atoms with Gasteiger partial charge in [0.15, 0.2) is 5.82 Å². The van der Waals surface area contributed by atoms with E-state index >= 15 is 0 Å². The van der Waals surface area contributed by atoms with E-state index in [1.807, 2.05) is 20.0 Å². The van der Waals surface area contributed by atoms with Crippen LogP contribution in [0.3, 0.4) is 0 Å². The second-order valence-electron chi connectivity index (χ2n) is 5.17. The molecular formula is C15H27N3O. The van der Waals surface area contributed by atoms with Gasteiger partial charge in [0.25, 0.3) is 0 Å². The van der Waals surface area contributed by atoms with Crippen molar-refractivity contribution in [3.05, 3.63) is 23.3 Å². The van der Waals surface area contributed by atoms with Crippen LogP contribution in [0.4, 0.5) is 0 Å². The summed E-state index contributed by atoms with van der Waals surface area (Å²) in [6.07, 6.45) is 1.91. The normalized spacial score (nSPS) is 14.7. The molecule has 0 aliphatic heterocycles. The number of nitrogens with one attached hydrogen (secondary N) is 1. The van der Waals surface area contributed by atoms with Gasteiger partial charge in [-0.3, -0.25) is 0 Å². The Labute approximate surface area is 117 Å². The first-order chi connectivity index (χ1) is 9.01. The third-order valence-electron chi connectivity index (χ3n) is 3.22. The Bertz CT molecular complexity index is 393. The van der Waals surface area contributed by atoms with Crippen molar-refractivity contribution in [3.8, 4) is 0 Å². The van der Waals surface area contributed by atoms with Crippen molar-refractivity contribution in [1.82, 2.24) is 15.3 Å². The molecule has 108 valence electrons. The quantitative estimate of drug-likeness (QED) is 0.822. The van der Waals surface area contributed by atoms with Crippen LogP contribution in [-0.4, -0.2) is 23.1 Å². The maximum atomic E-state index is 5.75. The van der Waals surface area contributed by atoms with E-state index in [1.165, 1.54) is 0 Å². The summed E-state index contributed by atoms with van der Waals surface area (Å²) in [5.74, 6) is 1.16. The third kappa shape index (κ3) is 4.25. The highest BCUT2D eigenvalue weighted by Gasteiger charge is 2.20. The summed E-state index contributed by atoms with van der Waals surface area (Å²) >= 11 is 0. The van der Waals surface area contributed by atoms with E-state index in [1.54, 1.807) is 0 Å². The minimum Gasteiger partial charge on any atom is -0.370 e. The smallest absolute Gasteiger partial charge is 0.157 e. The summed E-state index contributed by atoms with van der Waals surface area (Å²) in [6.45, 7) is 14.2. The average Bonchev–Trinajstić information content (AvgIpc) is 2.35. The van der Waals surface area contributed by atoms with E-state index < -0.39 is 0 Å². The van der Waals surface area contributed by atoms with E-state index in [-0.39, 0.29) is 12.1 Å². The number of rotatable bonds is 7. The van der Waals surface area contributed by atoms with Crippen molar-refractivity contribution in [3.63, 3.8) is 0 Å². The van der Waals surface area contributed by atoms with Crippen LogP contribution >= 0.6 is 0 Å². The Morgan fingerprint density at radius 1 is 1.26 bits per heavy atom. The number of hydrogen-bond acceptors (Lipinski definition) is 4. The molecule has 0 amide bonds. The maximum absolute atomic E-state index is 5.75. The van der Waals surface area contributed by atoms with Crippen molar-refractivity contribution < 1.29 is 4.74 Å². The lowest BCUT2D eigenvalue weighted by molar-refractivity contribution is 0.0230. The van der Waals surface area contributed by atoms with Gasteiger partial charge in [0.2, 0.25) is 0 Å². The average molecular weight is 265 g/mol. The predicted molar refractivity (Wildman–Crippen MR) is 78.1 cm³/mol. The fraction of sp³-hybridized carbons (Fsp3) is 0.733. The predicted octanol–water partition coefficient (Wildman–Crippen LogP) is 3.19. The van der Waals surface area contributed by atoms with Crippen molar-refractivity contribution in [1.29, 1.82) is 0 Å². The fourth-order valence-electron chi connectivity index (χ4n) is 2.22. The van der Waals surface area contributed by atoms with Crippen molar-refractivity contribution >= 4 is 0 Å². The summed E-state index contributed by atoms with van der Waals surface area (Å²) in [4.78, 5) is 9.15. The molecule has 0 radical (unpaired) electrons. The summed E-state index contributed by atoms with van der Waals surface area (Å²) in [5, 5.41) is 3.39. The van der Waals surface area contributed by atoms with Crippen LogP contribution in [-0.2, 0) is 4.74 Å². The van der Waals surface area contributed by atoms with Gasteiger partial charge in [-0.2, -0.15) is 0 Å². The van der Waals surface area contributed by atoms with Crippen LogP contribution in [0.2, 0.25) is 0 Å². The maximum Gasteiger partial charge on any atom is 0.157 e. The van der Waals surface area contributed by atoms with E-state index in [0.29, 0.717) is 12.5 Å². The zero-order valence-electron chi connectivity index (χ0n) is 13.0. The van der Waals surface area contributed by atoms with E-state index in [2.05, 4.69) is 43.0 Å². The number of aromatic nitrogens is 2. The van der Waals surface area contributed by atoms with E-state index in [4.69, 9.17) is 4.74 Å². The van der Waals surface area contributed by atoms with Crippen molar-refractivity contribution in [2.75, 3.05) is 13.2 Å². The third-order valence-corrected chi connectivity index (χ3v) is 3.22. The minimum absolute atomic E-state index is 0.0211. The van der Waals surface area contributed by atoms with E-state index in [9.17, 15) is 0 Å². The van der Waals surface area contributed by atoms with Gasteiger partial charge in [-0.25, -0.2) is 9.97 Å². The molecule has 1 aromatic rings. The monoisotopic (exact) mass is 265 g/mol. The first-order valence-corrected chi connectivity index (χ1v) is 7.19. The van der Waals surface area contributed by atoms with Gasteiger partial charge >= 0.3 is 0 Å². The Morgan fingerprint density at radius 2 is 1.95 bits per heavy atom. The molecule has 0 aliphatic carbocycles. The molecule has 1 heterocycles. The molecule has 0 aromatic carbocycles. The molecule has 0 saturated heterocycles. The number of hydrogen-bond donors (Lipinski definition) is 1. The highest BCUT2D eigenvalue weighted by molar-refractivity contribution is 5.20. The largest absolute Gasteiger partial charge is 0.370 e. The van der Waals surface area contributed by atoms with Crippen LogP contribution in [0, 0.1) is 12.8 Å². The second kappa shape index (κ2) is 7.56. The molecule has 0 aliphatic rings.